The van der Waals surface area contributed by atoms with Crippen LogP contribution in [-0.2, 0) is 16.1 Å². The summed E-state index contributed by atoms with van der Waals surface area (Å²) in [7, 11) is 0. The van der Waals surface area contributed by atoms with Gasteiger partial charge < -0.3 is 10.6 Å². The van der Waals surface area contributed by atoms with E-state index in [1.807, 2.05) is 54.6 Å². The molecule has 0 aliphatic heterocycles. The van der Waals surface area contributed by atoms with Gasteiger partial charge in [-0.2, -0.15) is 0 Å². The van der Waals surface area contributed by atoms with E-state index in [1.54, 1.807) is 0 Å². The Morgan fingerprint density at radius 3 is 2.45 bits per heavy atom. The highest BCUT2D eigenvalue weighted by Crippen LogP contribution is 2.13. The van der Waals surface area contributed by atoms with E-state index in [2.05, 4.69) is 21.4 Å². The Balaban J connectivity index is 1.82. The van der Waals surface area contributed by atoms with Crippen molar-refractivity contribution in [3.63, 3.8) is 0 Å². The summed E-state index contributed by atoms with van der Waals surface area (Å²) in [6, 6.07) is 16.9. The zero-order chi connectivity index (χ0) is 14.4. The van der Waals surface area contributed by atoms with Gasteiger partial charge in [0.15, 0.2) is 0 Å². The van der Waals surface area contributed by atoms with Gasteiger partial charge in [-0.15, -0.1) is 5.48 Å². The number of carbonyl (C=O) groups excluding carboxylic acids is 1. The van der Waals surface area contributed by atoms with Gasteiger partial charge in [-0.3, -0.25) is 4.79 Å². The number of nitrogens with two attached hydrogens (primary N) is 1. The van der Waals surface area contributed by atoms with Gasteiger partial charge in [-0.25, -0.2) is 0 Å². The topological polar surface area (TPSA) is 64.3 Å². The summed E-state index contributed by atoms with van der Waals surface area (Å²) < 4.78 is 0.967. The maximum Gasteiger partial charge on any atom is 0.329 e. The number of rotatable bonds is 5. The molecule has 2 aromatic rings. The lowest BCUT2D eigenvalue weighted by Gasteiger charge is -2.13. The fourth-order valence-corrected chi connectivity index (χ4v) is 1.93. The van der Waals surface area contributed by atoms with Crippen molar-refractivity contribution in [3.05, 3.63) is 70.2 Å². The molecule has 104 valence electrons. The normalized spacial score (nSPS) is 11.9. The lowest BCUT2D eigenvalue weighted by Crippen LogP contribution is -2.31. The SMILES string of the molecule is NC(NOC(=O)Cc1ccccc1)c1ccc(Br)cc1. The summed E-state index contributed by atoms with van der Waals surface area (Å²) >= 11 is 3.35. The molecule has 4 nitrogen and oxygen atoms in total. The molecule has 0 saturated heterocycles. The monoisotopic (exact) mass is 334 g/mol. The van der Waals surface area contributed by atoms with Gasteiger partial charge in [-0.05, 0) is 23.3 Å². The first-order chi connectivity index (χ1) is 9.65. The number of hydroxylamine groups is 1. The Hall–Kier alpha value is -1.69. The van der Waals surface area contributed by atoms with Crippen LogP contribution < -0.4 is 11.2 Å². The van der Waals surface area contributed by atoms with Gasteiger partial charge in [0, 0.05) is 4.47 Å². The van der Waals surface area contributed by atoms with Crippen molar-refractivity contribution in [3.8, 4) is 0 Å². The second-order valence-electron chi connectivity index (χ2n) is 4.28. The minimum Gasteiger partial charge on any atom is -0.368 e. The molecule has 0 saturated carbocycles. The first-order valence-electron chi connectivity index (χ1n) is 6.15. The van der Waals surface area contributed by atoms with Crippen molar-refractivity contribution in [1.29, 1.82) is 0 Å². The zero-order valence-corrected chi connectivity index (χ0v) is 12.3. The van der Waals surface area contributed by atoms with Gasteiger partial charge in [0.1, 0.15) is 6.17 Å². The van der Waals surface area contributed by atoms with Crippen molar-refractivity contribution in [2.24, 2.45) is 5.73 Å². The Morgan fingerprint density at radius 1 is 1.15 bits per heavy atom. The number of nitrogens with one attached hydrogen (secondary N) is 1. The van der Waals surface area contributed by atoms with Gasteiger partial charge in [0.25, 0.3) is 0 Å². The van der Waals surface area contributed by atoms with Crippen molar-refractivity contribution in [2.45, 2.75) is 12.6 Å². The maximum absolute atomic E-state index is 11.7. The van der Waals surface area contributed by atoms with E-state index in [1.165, 1.54) is 0 Å². The predicted octanol–water partition coefficient (Wildman–Crippen LogP) is 2.70. The number of hydrogen-bond acceptors (Lipinski definition) is 4. The number of hydrogen-bond donors (Lipinski definition) is 2. The summed E-state index contributed by atoms with van der Waals surface area (Å²) in [4.78, 5) is 16.6. The van der Waals surface area contributed by atoms with Crippen LogP contribution in [0.4, 0.5) is 0 Å². The fraction of sp³-hybridized carbons (Fsp3) is 0.133. The summed E-state index contributed by atoms with van der Waals surface area (Å²) in [6.45, 7) is 0. The molecular formula is C15H15BrN2O2. The van der Waals surface area contributed by atoms with E-state index < -0.39 is 6.17 Å². The van der Waals surface area contributed by atoms with E-state index >= 15 is 0 Å². The number of benzene rings is 2. The quantitative estimate of drug-likeness (QED) is 0.651. The molecule has 3 N–H and O–H groups in total. The summed E-state index contributed by atoms with van der Waals surface area (Å²) in [5.41, 5.74) is 10.2. The van der Waals surface area contributed by atoms with E-state index in [9.17, 15) is 4.79 Å². The van der Waals surface area contributed by atoms with Crippen LogP contribution in [0.3, 0.4) is 0 Å². The molecule has 0 aliphatic rings. The first kappa shape index (κ1) is 14.7. The number of carbonyl (C=O) groups is 1. The zero-order valence-electron chi connectivity index (χ0n) is 10.8. The largest absolute Gasteiger partial charge is 0.368 e. The van der Waals surface area contributed by atoms with E-state index in [-0.39, 0.29) is 12.4 Å². The van der Waals surface area contributed by atoms with Crippen LogP contribution in [0.5, 0.6) is 0 Å². The molecule has 2 aromatic carbocycles. The third-order valence-corrected chi connectivity index (χ3v) is 3.25. The molecule has 1 unspecified atom stereocenters. The second kappa shape index (κ2) is 7.19. The molecular weight excluding hydrogens is 320 g/mol. The molecule has 0 radical (unpaired) electrons. The van der Waals surface area contributed by atoms with Gasteiger partial charge in [0.05, 0.1) is 6.42 Å². The molecule has 0 bridgehead atoms. The molecule has 0 aromatic heterocycles. The Morgan fingerprint density at radius 2 is 1.80 bits per heavy atom. The molecule has 20 heavy (non-hydrogen) atoms. The smallest absolute Gasteiger partial charge is 0.329 e. The Kier molecular flexibility index (Phi) is 5.29. The molecule has 0 spiro atoms. The average Bonchev–Trinajstić information content (AvgIpc) is 2.46. The summed E-state index contributed by atoms with van der Waals surface area (Å²) in [6.07, 6.45) is -0.344. The van der Waals surface area contributed by atoms with E-state index in [0.717, 1.165) is 15.6 Å². The molecule has 0 aliphatic carbocycles. The number of halogens is 1. The summed E-state index contributed by atoms with van der Waals surface area (Å²) in [5.74, 6) is -0.372. The molecule has 5 heteroatoms. The van der Waals surface area contributed by atoms with Crippen LogP contribution >= 0.6 is 15.9 Å². The highest BCUT2D eigenvalue weighted by Gasteiger charge is 2.09. The lowest BCUT2D eigenvalue weighted by atomic mass is 10.2. The van der Waals surface area contributed by atoms with Crippen LogP contribution in [0, 0.1) is 0 Å². The minimum atomic E-state index is -0.553. The average molecular weight is 335 g/mol. The maximum atomic E-state index is 11.7. The Bertz CT molecular complexity index is 558. The molecule has 2 rings (SSSR count). The second-order valence-corrected chi connectivity index (χ2v) is 5.20. The molecule has 0 heterocycles. The first-order valence-corrected chi connectivity index (χ1v) is 6.94. The fourth-order valence-electron chi connectivity index (χ4n) is 1.67. The van der Waals surface area contributed by atoms with Crippen LogP contribution in [0.2, 0.25) is 0 Å². The highest BCUT2D eigenvalue weighted by molar-refractivity contribution is 9.10. The van der Waals surface area contributed by atoms with Gasteiger partial charge in [-0.1, -0.05) is 58.4 Å². The minimum absolute atomic E-state index is 0.209. The standard InChI is InChI=1S/C15H15BrN2O2/c16-13-8-6-12(7-9-13)15(17)18-20-14(19)10-11-4-2-1-3-5-11/h1-9,15,18H,10,17H2. The van der Waals surface area contributed by atoms with Crippen molar-refractivity contribution in [2.75, 3.05) is 0 Å². The Labute approximate surface area is 126 Å². The van der Waals surface area contributed by atoms with E-state index in [4.69, 9.17) is 10.6 Å². The molecule has 1 atom stereocenters. The summed E-state index contributed by atoms with van der Waals surface area (Å²) in [5, 5.41) is 0. The van der Waals surface area contributed by atoms with E-state index in [0.29, 0.717) is 0 Å². The molecule has 0 fully saturated rings. The third-order valence-electron chi connectivity index (χ3n) is 2.72. The van der Waals surface area contributed by atoms with Gasteiger partial charge >= 0.3 is 5.97 Å². The van der Waals surface area contributed by atoms with Crippen molar-refractivity contribution < 1.29 is 9.63 Å². The van der Waals surface area contributed by atoms with Crippen molar-refractivity contribution >= 4 is 21.9 Å². The van der Waals surface area contributed by atoms with Crippen LogP contribution in [0.15, 0.2) is 59.1 Å². The van der Waals surface area contributed by atoms with Crippen LogP contribution in [0.25, 0.3) is 0 Å². The highest BCUT2D eigenvalue weighted by atomic mass is 79.9. The van der Waals surface area contributed by atoms with Gasteiger partial charge in [0.2, 0.25) is 0 Å². The van der Waals surface area contributed by atoms with Crippen LogP contribution in [-0.4, -0.2) is 5.97 Å². The third kappa shape index (κ3) is 4.45. The predicted molar refractivity (Wildman–Crippen MR) is 80.4 cm³/mol. The van der Waals surface area contributed by atoms with Crippen LogP contribution in [0.1, 0.15) is 17.3 Å². The van der Waals surface area contributed by atoms with Crippen molar-refractivity contribution in [1.82, 2.24) is 5.48 Å². The molecule has 0 amide bonds. The lowest BCUT2D eigenvalue weighted by molar-refractivity contribution is -0.152.